The topological polar surface area (TPSA) is 434 Å². The lowest BCUT2D eigenvalue weighted by Gasteiger charge is -2.00. The van der Waals surface area contributed by atoms with Crippen LogP contribution in [0.2, 0.25) is 0 Å². The van der Waals surface area contributed by atoms with E-state index in [2.05, 4.69) is 216 Å². The third kappa shape index (κ3) is 44.4. The molecule has 0 radical (unpaired) electrons. The quantitative estimate of drug-likeness (QED) is 0.0364. The van der Waals surface area contributed by atoms with E-state index in [4.69, 9.17) is 5.26 Å². The third-order valence-electron chi connectivity index (χ3n) is 1.27. The van der Waals surface area contributed by atoms with Crippen molar-refractivity contribution in [3.8, 4) is 0 Å². The molecule has 0 amide bonds. The first kappa shape index (κ1) is 45.4. The summed E-state index contributed by atoms with van der Waals surface area (Å²) in [5.41, 5.74) is 0. The Morgan fingerprint density at radius 1 is 0.255 bits per heavy atom. The molecule has 0 fully saturated rings. The first-order valence-corrected chi connectivity index (χ1v) is 9.41. The molecular weight excluding hydrogens is 764 g/mol. The maximum Gasteiger partial charge on any atom is 0.187 e. The summed E-state index contributed by atoms with van der Waals surface area (Å²) in [7, 11) is 0. The van der Waals surface area contributed by atoms with Crippen LogP contribution in [0.15, 0.2) is 0 Å². The van der Waals surface area contributed by atoms with Gasteiger partial charge in [0, 0.05) is 137 Å². The van der Waals surface area contributed by atoms with Gasteiger partial charge < -0.3 is 0 Å². The average molecular weight is 768 g/mol. The van der Waals surface area contributed by atoms with Crippen LogP contribution in [0, 0.1) is 0 Å². The van der Waals surface area contributed by atoms with E-state index in [1.165, 1.54) is 0 Å². The molecule has 1 unspecified atom stereocenters. The lowest BCUT2D eigenvalue weighted by atomic mass is 12.0. The second-order valence-electron chi connectivity index (χ2n) is 3.33. The number of hydrogen-bond acceptors (Lipinski definition) is 45. The van der Waals surface area contributed by atoms with Gasteiger partial charge in [0.2, 0.25) is 0 Å². The predicted molar refractivity (Wildman–Crippen MR) is 63.4 cm³/mol. The molecule has 1 N–H and O–H groups in total. The van der Waals surface area contributed by atoms with E-state index >= 15 is 0 Å². The largest absolute Gasteiger partial charge is 0.227 e. The Bertz CT molecular complexity index is 560. The summed E-state index contributed by atoms with van der Waals surface area (Å²) in [6.07, 6.45) is 1.08. The molecule has 45 nitrogen and oxygen atoms in total. The van der Waals surface area contributed by atoms with Gasteiger partial charge in [0.25, 0.3) is 0 Å². The molecule has 0 bridgehead atoms. The zero-order chi connectivity index (χ0) is 34.0. The molecule has 0 aromatic rings. The van der Waals surface area contributed by atoms with Crippen LogP contribution in [0.3, 0.4) is 0 Å². The second-order valence-corrected chi connectivity index (χ2v) is 4.27. The highest BCUT2D eigenvalue weighted by atomic mass is 32.2. The fraction of sp³-hybridized carbons (Fsp3) is 1.00. The predicted octanol–water partition coefficient (Wildman–Crippen LogP) is -3.10. The SMILES string of the molecule is CS(=O)OOOOOOOOOOOOOOOOOOOOOOOOOOOOOOOOOOOOOOOOOOOO. The van der Waals surface area contributed by atoms with E-state index in [1.807, 2.05) is 0 Å². The Kier molecular flexibility index (Phi) is 41.0. The van der Waals surface area contributed by atoms with Gasteiger partial charge in [-0.3, -0.25) is 0 Å². The van der Waals surface area contributed by atoms with E-state index in [1.54, 1.807) is 0 Å². The van der Waals surface area contributed by atoms with Crippen molar-refractivity contribution in [1.29, 1.82) is 0 Å². The molecule has 0 aromatic heterocycles. The summed E-state index contributed by atoms with van der Waals surface area (Å²) in [6, 6.07) is 0. The van der Waals surface area contributed by atoms with Crippen molar-refractivity contribution in [3.05, 3.63) is 0 Å². The Hall–Kier alpha value is -1.61. The zero-order valence-corrected chi connectivity index (χ0v) is 20.6. The molecule has 0 saturated heterocycles. The maximum atomic E-state index is 10.3. The molecule has 0 heterocycles. The third-order valence-corrected chi connectivity index (χ3v) is 1.51. The Morgan fingerprint density at radius 2 is 0.383 bits per heavy atom. The normalized spacial score (nSPS) is 12.3. The van der Waals surface area contributed by atoms with Gasteiger partial charge in [-0.25, -0.2) is 9.47 Å². The van der Waals surface area contributed by atoms with E-state index in [-0.39, 0.29) is 0 Å². The minimum absolute atomic E-state index is 1.08. The first-order valence-electron chi connectivity index (χ1n) is 7.92. The molecule has 0 rings (SSSR count). The Balaban J connectivity index is 3.04. The van der Waals surface area contributed by atoms with Crippen molar-refractivity contribution >= 4 is 11.1 Å². The summed E-state index contributed by atoms with van der Waals surface area (Å²) in [5, 5.41) is 153. The summed E-state index contributed by atoms with van der Waals surface area (Å²) < 4.78 is 14.2. The number of hydrogen-bond donors (Lipinski definition) is 1. The van der Waals surface area contributed by atoms with Crippen molar-refractivity contribution in [2.24, 2.45) is 0 Å². The Labute approximate surface area is 244 Å². The van der Waals surface area contributed by atoms with Crippen LogP contribution in [-0.4, -0.2) is 15.7 Å². The van der Waals surface area contributed by atoms with E-state index in [0.717, 1.165) is 6.26 Å². The fourth-order valence-electron chi connectivity index (χ4n) is 0.505. The minimum Gasteiger partial charge on any atom is -0.227 e. The summed E-state index contributed by atoms with van der Waals surface area (Å²) in [6.45, 7) is 0. The van der Waals surface area contributed by atoms with Crippen LogP contribution >= 0.6 is 0 Å². The molecular formula is CH4O45S. The summed E-state index contributed by atoms with van der Waals surface area (Å²) in [4.78, 5) is 0. The molecule has 284 valence electrons. The lowest BCUT2D eigenvalue weighted by molar-refractivity contribution is -0.909. The van der Waals surface area contributed by atoms with E-state index < -0.39 is 11.1 Å². The van der Waals surface area contributed by atoms with Crippen LogP contribution < -0.4 is 0 Å². The van der Waals surface area contributed by atoms with Gasteiger partial charge >= 0.3 is 0 Å². The summed E-state index contributed by atoms with van der Waals surface area (Å²) in [5.74, 6) is 0. The second kappa shape index (κ2) is 42.4. The van der Waals surface area contributed by atoms with E-state index in [9.17, 15) is 4.21 Å². The van der Waals surface area contributed by atoms with Crippen LogP contribution in [0.25, 0.3) is 0 Å². The van der Waals surface area contributed by atoms with Gasteiger partial charge in [0.05, 0.1) is 0 Å². The van der Waals surface area contributed by atoms with Gasteiger partial charge in [-0.15, -0.1) is 0 Å². The average Bonchev–Trinajstić information content (AvgIpc) is 3.07. The van der Waals surface area contributed by atoms with Gasteiger partial charge in [0.15, 0.2) is 11.1 Å². The van der Waals surface area contributed by atoms with Gasteiger partial charge in [-0.05, 0) is 80.6 Å². The molecule has 0 aromatic carbocycles. The zero-order valence-electron chi connectivity index (χ0n) is 19.8. The van der Waals surface area contributed by atoms with Crippen LogP contribution in [0.4, 0.5) is 0 Å². The highest BCUT2D eigenvalue weighted by Crippen LogP contribution is 1.97. The lowest BCUT2D eigenvalue weighted by Crippen LogP contribution is -2.06. The molecule has 0 aliphatic carbocycles. The minimum atomic E-state index is -1.84. The molecule has 0 aliphatic heterocycles. The van der Waals surface area contributed by atoms with Crippen LogP contribution in [0.5, 0.6) is 0 Å². The highest BCUT2D eigenvalue weighted by molar-refractivity contribution is 7.79. The van der Waals surface area contributed by atoms with E-state index in [0.29, 0.717) is 0 Å². The molecule has 0 saturated carbocycles. The molecule has 0 spiro atoms. The van der Waals surface area contributed by atoms with Gasteiger partial charge in [0.1, 0.15) is 0 Å². The summed E-state index contributed by atoms with van der Waals surface area (Å²) >= 11 is -1.84. The molecule has 46 heteroatoms. The number of rotatable bonds is 43. The molecule has 47 heavy (non-hydrogen) atoms. The standard InChI is InChI=1S/CH4O45S/c1-47(3)46-45-44-43-42-41-40-39-38-37-36-35-34-33-32-31-30-29-28-27-26-25-24-23-22-21-20-19-18-17-16-15-14-13-12-11-10-9-8-7-6-5-4-2/h2H,1H3. The van der Waals surface area contributed by atoms with Crippen LogP contribution in [0.1, 0.15) is 0 Å². The maximum absolute atomic E-state index is 10.3. The Morgan fingerprint density at radius 3 is 0.511 bits per heavy atom. The fourth-order valence-corrected chi connectivity index (χ4v) is 0.606. The highest BCUT2D eigenvalue weighted by Gasteiger charge is 2.04. The van der Waals surface area contributed by atoms with Crippen LogP contribution in [-0.2, 0) is 227 Å². The van der Waals surface area contributed by atoms with Crippen molar-refractivity contribution in [2.75, 3.05) is 6.26 Å². The van der Waals surface area contributed by atoms with Crippen molar-refractivity contribution in [1.82, 2.24) is 0 Å². The van der Waals surface area contributed by atoms with Crippen molar-refractivity contribution in [3.63, 3.8) is 0 Å². The smallest absolute Gasteiger partial charge is 0.187 e. The van der Waals surface area contributed by atoms with Crippen molar-refractivity contribution < 1.29 is 225 Å². The monoisotopic (exact) mass is 768 g/mol. The molecule has 0 aliphatic rings. The van der Waals surface area contributed by atoms with Gasteiger partial charge in [-0.2, -0.15) is 0 Å². The van der Waals surface area contributed by atoms with Crippen molar-refractivity contribution in [2.45, 2.75) is 0 Å². The van der Waals surface area contributed by atoms with Gasteiger partial charge in [-0.1, -0.05) is 4.33 Å². The first-order chi connectivity index (χ1) is 23.3. The molecule has 1 atom stereocenters.